The number of ether oxygens (including phenoxy) is 3. The highest BCUT2D eigenvalue weighted by atomic mass is 32.2. The van der Waals surface area contributed by atoms with Crippen molar-refractivity contribution in [3.63, 3.8) is 0 Å². The third-order valence-electron chi connectivity index (χ3n) is 8.23. The molecule has 12 heteroatoms. The molecule has 49 heavy (non-hydrogen) atoms. The van der Waals surface area contributed by atoms with Crippen molar-refractivity contribution in [2.75, 3.05) is 45.1 Å². The van der Waals surface area contributed by atoms with E-state index in [4.69, 9.17) is 24.3 Å². The summed E-state index contributed by atoms with van der Waals surface area (Å²) in [5.41, 5.74) is 7.28. The monoisotopic (exact) mass is 686 g/mol. The molecule has 0 aromatic heterocycles. The maximum absolute atomic E-state index is 14.4. The van der Waals surface area contributed by atoms with Crippen molar-refractivity contribution < 1.29 is 32.5 Å². The number of hydrogen-bond acceptors (Lipinski definition) is 10. The number of aliphatic hydroxyl groups excluding tert-OH is 1. The molecule has 5 rings (SSSR count). The first kappa shape index (κ1) is 35.4. The smallest absolute Gasteiger partial charge is 0.266 e. The van der Waals surface area contributed by atoms with Gasteiger partial charge in [0, 0.05) is 51.3 Å². The summed E-state index contributed by atoms with van der Waals surface area (Å²) in [4.78, 5) is 21.5. The summed E-state index contributed by atoms with van der Waals surface area (Å²) in [7, 11) is 1.67. The summed E-state index contributed by atoms with van der Waals surface area (Å²) in [5.74, 6) is 0.411. The van der Waals surface area contributed by atoms with Crippen molar-refractivity contribution in [1.29, 1.82) is 0 Å². The Morgan fingerprint density at radius 2 is 1.69 bits per heavy atom. The van der Waals surface area contributed by atoms with E-state index >= 15 is 0 Å². The Labute approximate surface area is 287 Å². The lowest BCUT2D eigenvalue weighted by Crippen LogP contribution is -2.53. The fourth-order valence-corrected chi connectivity index (χ4v) is 6.84. The van der Waals surface area contributed by atoms with Gasteiger partial charge in [0.25, 0.3) is 5.91 Å². The van der Waals surface area contributed by atoms with Gasteiger partial charge in [-0.25, -0.2) is 18.8 Å². The Bertz CT molecular complexity index is 1830. The van der Waals surface area contributed by atoms with Crippen molar-refractivity contribution in [3.05, 3.63) is 120 Å². The van der Waals surface area contributed by atoms with Crippen molar-refractivity contribution in [1.82, 2.24) is 10.9 Å². The summed E-state index contributed by atoms with van der Waals surface area (Å²) in [6, 6.07) is 30.2. The maximum Gasteiger partial charge on any atom is 0.266 e. The number of methoxy groups -OCH3 is 1. The minimum absolute atomic E-state index is 0.0239. The number of amides is 1. The van der Waals surface area contributed by atoms with Crippen LogP contribution in [0, 0.1) is 0 Å². The molecule has 0 unspecified atom stereocenters. The molecule has 1 amide bonds. The van der Waals surface area contributed by atoms with E-state index in [1.165, 1.54) is 12.1 Å². The normalized spacial score (nSPS) is 17.1. The van der Waals surface area contributed by atoms with Gasteiger partial charge in [0.1, 0.15) is 11.5 Å². The summed E-state index contributed by atoms with van der Waals surface area (Å²) in [6.07, 6.45) is -0.674. The summed E-state index contributed by atoms with van der Waals surface area (Å²) in [6.45, 7) is 0.699. The van der Waals surface area contributed by atoms with Gasteiger partial charge in [-0.05, 0) is 71.8 Å². The van der Waals surface area contributed by atoms with Crippen molar-refractivity contribution in [2.24, 2.45) is 4.99 Å². The number of rotatable bonds is 16. The first-order chi connectivity index (χ1) is 23.6. The molecule has 11 nitrogen and oxygen atoms in total. The average Bonchev–Trinajstić information content (AvgIpc) is 3.53. The van der Waals surface area contributed by atoms with Crippen molar-refractivity contribution in [3.8, 4) is 11.5 Å². The molecule has 1 heterocycles. The molecule has 2 atom stereocenters. The molecule has 1 aliphatic heterocycles. The molecule has 4 aromatic rings. The second kappa shape index (κ2) is 16.0. The minimum atomic E-state index is -3.80. The molecule has 1 aliphatic rings. The Kier molecular flexibility index (Phi) is 11.6. The van der Waals surface area contributed by atoms with Gasteiger partial charge in [-0.15, -0.1) is 0 Å². The van der Waals surface area contributed by atoms with Crippen LogP contribution in [0.25, 0.3) is 0 Å². The van der Waals surface area contributed by atoms with E-state index in [1.807, 2.05) is 43.3 Å². The van der Waals surface area contributed by atoms with Crippen LogP contribution in [0.2, 0.25) is 0 Å². The molecule has 258 valence electrons. The molecule has 0 radical (unpaired) electrons. The minimum Gasteiger partial charge on any atom is -0.497 e. The van der Waals surface area contributed by atoms with Crippen molar-refractivity contribution in [2.45, 2.75) is 35.9 Å². The van der Waals surface area contributed by atoms with E-state index in [0.29, 0.717) is 42.2 Å². The van der Waals surface area contributed by atoms with Crippen LogP contribution in [0.5, 0.6) is 11.5 Å². The van der Waals surface area contributed by atoms with Gasteiger partial charge < -0.3 is 24.2 Å². The Hall–Kier alpha value is -4.91. The van der Waals surface area contributed by atoms with E-state index in [9.17, 15) is 13.2 Å². The number of carbonyl (C=O) groups is 1. The predicted molar refractivity (Wildman–Crippen MR) is 189 cm³/mol. The van der Waals surface area contributed by atoms with E-state index in [0.717, 1.165) is 11.3 Å². The second-order valence-electron chi connectivity index (χ2n) is 11.8. The summed E-state index contributed by atoms with van der Waals surface area (Å²) < 4.78 is 44.8. The number of nitrogens with zero attached hydrogens (tertiary/aromatic N) is 2. The van der Waals surface area contributed by atoms with Crippen LogP contribution in [0.4, 0.5) is 5.69 Å². The summed E-state index contributed by atoms with van der Waals surface area (Å²) in [5, 5.41) is 9.08. The zero-order valence-electron chi connectivity index (χ0n) is 27.8. The topological polar surface area (TPSA) is 139 Å². The van der Waals surface area contributed by atoms with Gasteiger partial charge in [-0.2, -0.15) is 0 Å². The zero-order valence-corrected chi connectivity index (χ0v) is 28.7. The molecule has 0 fully saturated rings. The van der Waals surface area contributed by atoms with Crippen LogP contribution >= 0.6 is 0 Å². The third kappa shape index (κ3) is 8.58. The van der Waals surface area contributed by atoms with Crippen LogP contribution in [0.1, 0.15) is 35.6 Å². The SMILES string of the molecule is COc1cccc([C@@H]2OC(c3ccc(OCCCO)cc3)=N[C@]2(CCS(=O)(=O)c2ccccc2)C(=O)NNCc2ccc(N(C)C)cc2)c1. The van der Waals surface area contributed by atoms with E-state index < -0.39 is 27.4 Å². The van der Waals surface area contributed by atoms with Crippen LogP contribution in [-0.4, -0.2) is 71.0 Å². The quantitative estimate of drug-likeness (QED) is 0.115. The van der Waals surface area contributed by atoms with Gasteiger partial charge >= 0.3 is 0 Å². The standard InChI is InChI=1S/C37H42N4O7S/c1-41(2)30-17-13-27(14-18-30)26-38-40-36(43)37(21-24-49(44,45)33-11-5-4-6-12-33)34(29-9-7-10-32(25-29)46-3)48-35(39-37)28-15-19-31(20-16-28)47-23-8-22-42/h4-7,9-20,25,34,38,42H,8,21-24,26H2,1-3H3,(H,40,43)/t34-,37-/m0/s1. The zero-order chi connectivity index (χ0) is 34.9. The number of carbonyl (C=O) groups excluding carboxylic acids is 1. The first-order valence-electron chi connectivity index (χ1n) is 16.0. The van der Waals surface area contributed by atoms with Gasteiger partial charge in [0.2, 0.25) is 5.90 Å². The van der Waals surface area contributed by atoms with Gasteiger partial charge in [-0.3, -0.25) is 10.2 Å². The molecule has 0 saturated carbocycles. The van der Waals surface area contributed by atoms with Crippen LogP contribution < -0.4 is 25.2 Å². The lowest BCUT2D eigenvalue weighted by atomic mass is 9.85. The number of hydrogen-bond donors (Lipinski definition) is 3. The van der Waals surface area contributed by atoms with E-state index in [-0.39, 0.29) is 29.6 Å². The lowest BCUT2D eigenvalue weighted by molar-refractivity contribution is -0.130. The molecule has 0 spiro atoms. The number of aliphatic hydroxyl groups is 1. The molecule has 0 aliphatic carbocycles. The Morgan fingerprint density at radius 1 is 0.959 bits per heavy atom. The highest BCUT2D eigenvalue weighted by Crippen LogP contribution is 2.43. The second-order valence-corrected chi connectivity index (χ2v) is 13.9. The molecular weight excluding hydrogens is 644 g/mol. The number of sulfone groups is 1. The number of benzene rings is 4. The number of nitrogens with one attached hydrogen (secondary N) is 2. The first-order valence-corrected chi connectivity index (χ1v) is 17.6. The Balaban J connectivity index is 1.51. The molecule has 3 N–H and O–H groups in total. The van der Waals surface area contributed by atoms with Crippen LogP contribution in [0.15, 0.2) is 113 Å². The molecule has 0 saturated heterocycles. The van der Waals surface area contributed by atoms with E-state index in [2.05, 4.69) is 10.9 Å². The third-order valence-corrected chi connectivity index (χ3v) is 9.96. The largest absolute Gasteiger partial charge is 0.497 e. The van der Waals surface area contributed by atoms with E-state index in [1.54, 1.807) is 73.8 Å². The predicted octanol–water partition coefficient (Wildman–Crippen LogP) is 4.46. The number of hydrazine groups is 1. The van der Waals surface area contributed by atoms with Crippen molar-refractivity contribution >= 4 is 27.3 Å². The molecular formula is C37H42N4O7S. The fourth-order valence-electron chi connectivity index (χ4n) is 5.46. The number of anilines is 1. The van der Waals surface area contributed by atoms with Gasteiger partial charge in [0.15, 0.2) is 21.5 Å². The van der Waals surface area contributed by atoms with Crippen LogP contribution in [0.3, 0.4) is 0 Å². The number of aliphatic imine (C=N–C) groups is 1. The molecule has 4 aromatic carbocycles. The fraction of sp³-hybridized carbons (Fsp3) is 0.297. The average molecular weight is 687 g/mol. The Morgan fingerprint density at radius 3 is 2.37 bits per heavy atom. The summed E-state index contributed by atoms with van der Waals surface area (Å²) >= 11 is 0. The van der Waals surface area contributed by atoms with Gasteiger partial charge in [0.05, 0.1) is 24.4 Å². The highest BCUT2D eigenvalue weighted by molar-refractivity contribution is 7.91. The molecule has 0 bridgehead atoms. The van der Waals surface area contributed by atoms with Crippen LogP contribution in [-0.2, 0) is 25.9 Å². The lowest BCUT2D eigenvalue weighted by Gasteiger charge is -2.30. The highest BCUT2D eigenvalue weighted by Gasteiger charge is 2.53. The maximum atomic E-state index is 14.4. The van der Waals surface area contributed by atoms with Gasteiger partial charge in [-0.1, -0.05) is 42.5 Å².